The summed E-state index contributed by atoms with van der Waals surface area (Å²) in [4.78, 5) is 21.4. The molecule has 3 aromatic carbocycles. The van der Waals surface area contributed by atoms with Crippen LogP contribution in [0.1, 0.15) is 30.5 Å². The highest BCUT2D eigenvalue weighted by Crippen LogP contribution is 2.27. The summed E-state index contributed by atoms with van der Waals surface area (Å²) in [5.74, 6) is 0.746. The molecule has 0 aliphatic carbocycles. The maximum atomic E-state index is 12.2. The number of hydrogen-bond donors (Lipinski definition) is 2. The fraction of sp³-hybridized carbons (Fsp3) is 0.294. The van der Waals surface area contributed by atoms with Gasteiger partial charge in [-0.1, -0.05) is 48.5 Å². The molecule has 0 bridgehead atoms. The fourth-order valence-electron chi connectivity index (χ4n) is 5.12. The molecule has 2 N–H and O–H groups in total. The zero-order valence-electron chi connectivity index (χ0n) is 23.9. The van der Waals surface area contributed by atoms with Gasteiger partial charge in [-0.25, -0.2) is 4.79 Å². The third-order valence-corrected chi connectivity index (χ3v) is 7.48. The number of nitrogens with one attached hydrogen (secondary N) is 2. The van der Waals surface area contributed by atoms with Gasteiger partial charge in [-0.15, -0.1) is 0 Å². The van der Waals surface area contributed by atoms with Crippen molar-refractivity contribution in [1.82, 2.24) is 20.1 Å². The number of urea groups is 1. The molecule has 0 radical (unpaired) electrons. The Morgan fingerprint density at radius 1 is 0.902 bits per heavy atom. The second kappa shape index (κ2) is 13.9. The van der Waals surface area contributed by atoms with Crippen molar-refractivity contribution in [3.8, 4) is 16.9 Å². The largest absolute Gasteiger partial charge is 0.489 e. The van der Waals surface area contributed by atoms with Gasteiger partial charge in [-0.05, 0) is 78.1 Å². The Kier molecular flexibility index (Phi) is 9.62. The van der Waals surface area contributed by atoms with E-state index in [4.69, 9.17) is 4.74 Å². The summed E-state index contributed by atoms with van der Waals surface area (Å²) in [5.41, 5.74) is 6.50. The number of carbonyl (C=O) groups excluding carboxylic acids is 1. The fourth-order valence-corrected chi connectivity index (χ4v) is 5.12. The van der Waals surface area contributed by atoms with E-state index in [9.17, 15) is 4.79 Å². The number of rotatable bonds is 10. The molecule has 1 aliphatic rings. The molecule has 1 fully saturated rings. The average Bonchev–Trinajstić information content (AvgIpc) is 3.01. The molecular formula is C34H39N5O2. The van der Waals surface area contributed by atoms with Crippen LogP contribution in [-0.4, -0.2) is 53.0 Å². The second-order valence-corrected chi connectivity index (χ2v) is 10.7. The van der Waals surface area contributed by atoms with Crippen LogP contribution in [0.3, 0.4) is 0 Å². The van der Waals surface area contributed by atoms with Crippen molar-refractivity contribution in [3.63, 3.8) is 0 Å². The van der Waals surface area contributed by atoms with Crippen molar-refractivity contribution in [2.75, 3.05) is 31.5 Å². The molecule has 1 aromatic heterocycles. The summed E-state index contributed by atoms with van der Waals surface area (Å²) in [6.07, 6.45) is 3.44. The minimum atomic E-state index is -0.267. The minimum Gasteiger partial charge on any atom is -0.489 e. The van der Waals surface area contributed by atoms with Gasteiger partial charge in [0.2, 0.25) is 0 Å². The van der Waals surface area contributed by atoms with E-state index in [2.05, 4.69) is 87.8 Å². The predicted octanol–water partition coefficient (Wildman–Crippen LogP) is 6.18. The number of pyridine rings is 1. The van der Waals surface area contributed by atoms with Crippen LogP contribution in [0, 0.1) is 0 Å². The van der Waals surface area contributed by atoms with Gasteiger partial charge < -0.3 is 15.4 Å². The normalized spacial score (nSPS) is 14.1. The first-order chi connectivity index (χ1) is 20.0. The van der Waals surface area contributed by atoms with Crippen molar-refractivity contribution in [1.29, 1.82) is 0 Å². The standard InChI is InChI=1S/C34H39N5O2/c1-26(2)39-19-17-38(18-20-39)24-27-7-5-10-29(21-27)33-11-4-3-9-30(33)25-41-32-14-12-31(13-15-32)37-34(40)36-23-28-8-6-16-35-22-28/h3-16,21-22,26H,17-20,23-25H2,1-2H3,(H2,36,37,40). The lowest BCUT2D eigenvalue weighted by atomic mass is 9.98. The molecule has 0 unspecified atom stereocenters. The maximum Gasteiger partial charge on any atom is 0.319 e. The first-order valence-corrected chi connectivity index (χ1v) is 14.3. The summed E-state index contributed by atoms with van der Waals surface area (Å²) in [5, 5.41) is 5.69. The van der Waals surface area contributed by atoms with E-state index in [0.717, 1.165) is 49.6 Å². The number of anilines is 1. The number of carbonyl (C=O) groups is 1. The Hall–Kier alpha value is -4.20. The number of hydrogen-bond acceptors (Lipinski definition) is 5. The number of aromatic nitrogens is 1. The van der Waals surface area contributed by atoms with Crippen molar-refractivity contribution >= 4 is 11.7 Å². The molecule has 41 heavy (non-hydrogen) atoms. The van der Waals surface area contributed by atoms with Crippen LogP contribution in [0.4, 0.5) is 10.5 Å². The summed E-state index contributed by atoms with van der Waals surface area (Å²) in [7, 11) is 0. The zero-order valence-corrected chi connectivity index (χ0v) is 23.9. The van der Waals surface area contributed by atoms with Crippen molar-refractivity contribution < 1.29 is 9.53 Å². The molecule has 1 aliphatic heterocycles. The van der Waals surface area contributed by atoms with E-state index in [1.165, 1.54) is 16.7 Å². The zero-order chi connectivity index (χ0) is 28.4. The summed E-state index contributed by atoms with van der Waals surface area (Å²) >= 11 is 0. The highest BCUT2D eigenvalue weighted by Gasteiger charge is 2.19. The molecule has 0 spiro atoms. The van der Waals surface area contributed by atoms with Gasteiger partial charge in [0.05, 0.1) is 0 Å². The highest BCUT2D eigenvalue weighted by atomic mass is 16.5. The van der Waals surface area contributed by atoms with Crippen molar-refractivity contribution in [2.24, 2.45) is 0 Å². The van der Waals surface area contributed by atoms with Crippen LogP contribution in [-0.2, 0) is 19.7 Å². The summed E-state index contributed by atoms with van der Waals surface area (Å²) < 4.78 is 6.15. The van der Waals surface area contributed by atoms with Crippen LogP contribution in [0.15, 0.2) is 97.3 Å². The first kappa shape index (κ1) is 28.3. The molecule has 0 atom stereocenters. The van der Waals surface area contributed by atoms with E-state index < -0.39 is 0 Å². The van der Waals surface area contributed by atoms with Gasteiger partial charge in [-0.2, -0.15) is 0 Å². The molecule has 7 heteroatoms. The van der Waals surface area contributed by atoms with Gasteiger partial charge in [0.15, 0.2) is 0 Å². The molecule has 4 aromatic rings. The molecular weight excluding hydrogens is 510 g/mol. The average molecular weight is 550 g/mol. The van der Waals surface area contributed by atoms with E-state index >= 15 is 0 Å². The quantitative estimate of drug-likeness (QED) is 0.247. The molecule has 1 saturated heterocycles. The molecule has 212 valence electrons. The first-order valence-electron chi connectivity index (χ1n) is 14.3. The maximum absolute atomic E-state index is 12.2. The van der Waals surface area contributed by atoms with Gasteiger partial charge in [0.1, 0.15) is 12.4 Å². The van der Waals surface area contributed by atoms with Gasteiger partial charge in [-0.3, -0.25) is 14.8 Å². The second-order valence-electron chi connectivity index (χ2n) is 10.7. The molecule has 0 saturated carbocycles. The lowest BCUT2D eigenvalue weighted by molar-refractivity contribution is 0.104. The number of amides is 2. The third kappa shape index (κ3) is 8.16. The summed E-state index contributed by atoms with van der Waals surface area (Å²) in [6, 6.07) is 28.8. The molecule has 5 rings (SSSR count). The third-order valence-electron chi connectivity index (χ3n) is 7.48. The monoisotopic (exact) mass is 549 g/mol. The smallest absolute Gasteiger partial charge is 0.319 e. The minimum absolute atomic E-state index is 0.267. The molecule has 2 heterocycles. The van der Waals surface area contributed by atoms with Crippen molar-refractivity contribution in [2.45, 2.75) is 39.6 Å². The van der Waals surface area contributed by atoms with E-state index in [1.54, 1.807) is 12.4 Å². The number of nitrogens with zero attached hydrogens (tertiary/aromatic N) is 3. The summed E-state index contributed by atoms with van der Waals surface area (Å²) in [6.45, 7) is 10.9. The van der Waals surface area contributed by atoms with Crippen LogP contribution in [0.2, 0.25) is 0 Å². The van der Waals surface area contributed by atoms with Crippen LogP contribution in [0.5, 0.6) is 5.75 Å². The van der Waals surface area contributed by atoms with Gasteiger partial charge >= 0.3 is 6.03 Å². The van der Waals surface area contributed by atoms with Crippen LogP contribution >= 0.6 is 0 Å². The topological polar surface area (TPSA) is 69.7 Å². The Morgan fingerprint density at radius 3 is 2.44 bits per heavy atom. The van der Waals surface area contributed by atoms with E-state index in [-0.39, 0.29) is 6.03 Å². The number of ether oxygens (including phenoxy) is 1. The van der Waals surface area contributed by atoms with Crippen LogP contribution < -0.4 is 15.4 Å². The Balaban J connectivity index is 1.15. The van der Waals surface area contributed by atoms with Crippen molar-refractivity contribution in [3.05, 3.63) is 114 Å². The number of benzene rings is 3. The Bertz CT molecular complexity index is 1400. The Morgan fingerprint density at radius 2 is 1.68 bits per heavy atom. The highest BCUT2D eigenvalue weighted by molar-refractivity contribution is 5.89. The van der Waals surface area contributed by atoms with Gasteiger partial charge in [0, 0.05) is 63.4 Å². The lowest BCUT2D eigenvalue weighted by Crippen LogP contribution is -2.48. The van der Waals surface area contributed by atoms with E-state index in [0.29, 0.717) is 24.9 Å². The van der Waals surface area contributed by atoms with Crippen LogP contribution in [0.25, 0.3) is 11.1 Å². The molecule has 2 amide bonds. The predicted molar refractivity (Wildman–Crippen MR) is 165 cm³/mol. The SMILES string of the molecule is CC(C)N1CCN(Cc2cccc(-c3ccccc3COc3ccc(NC(=O)NCc4cccnc4)cc3)c2)CC1. The van der Waals surface area contributed by atoms with E-state index in [1.807, 2.05) is 36.4 Å². The number of piperazine rings is 1. The Labute approximate surface area is 243 Å². The molecule has 7 nitrogen and oxygen atoms in total. The lowest BCUT2D eigenvalue weighted by Gasteiger charge is -2.37. The van der Waals surface area contributed by atoms with Gasteiger partial charge in [0.25, 0.3) is 0 Å².